The maximum absolute atomic E-state index is 14.6. The van der Waals surface area contributed by atoms with Crippen molar-refractivity contribution in [2.75, 3.05) is 13.1 Å². The molecule has 3 heterocycles. The number of rotatable bonds is 33. The molecule has 1 aliphatic rings. The maximum atomic E-state index is 14.6. The second-order valence-corrected chi connectivity index (χ2v) is 26.0. The number of aromatic amines is 1. The lowest BCUT2D eigenvalue weighted by Crippen LogP contribution is -2.61. The Kier molecular flexibility index (Phi) is 33.0. The van der Waals surface area contributed by atoms with Gasteiger partial charge < -0.3 is 85.1 Å². The number of H-pyrrole nitrogens is 1. The molecule has 0 radical (unpaired) electrons. The lowest BCUT2D eigenvalue weighted by Gasteiger charge is -2.29. The van der Waals surface area contributed by atoms with Crippen LogP contribution in [0.2, 0.25) is 0 Å². The van der Waals surface area contributed by atoms with Gasteiger partial charge in [0.2, 0.25) is 65.0 Å². The molecule has 1 aromatic carbocycles. The summed E-state index contributed by atoms with van der Waals surface area (Å²) in [4.78, 5) is 217. The molecule has 11 unspecified atom stereocenters. The lowest BCUT2D eigenvalue weighted by atomic mass is 9.96. The highest BCUT2D eigenvalue weighted by Gasteiger charge is 2.39. The maximum Gasteiger partial charge on any atom is 0.305 e. The Bertz CT molecular complexity index is 3270. The van der Waals surface area contributed by atoms with E-state index in [-0.39, 0.29) is 86.9 Å². The van der Waals surface area contributed by atoms with E-state index < -0.39 is 187 Å². The minimum Gasteiger partial charge on any atom is -0.481 e. The number of imidazole rings is 1. The number of unbranched alkanes of at least 4 members (excludes halogenated alkanes) is 1. The molecule has 1 aliphatic heterocycles. The molecule has 0 bridgehead atoms. The van der Waals surface area contributed by atoms with Gasteiger partial charge >= 0.3 is 11.9 Å². The number of carboxylic acids is 2. The van der Waals surface area contributed by atoms with Gasteiger partial charge in [-0.05, 0) is 74.8 Å². The SMILES string of the molecule is CCC(C)C1NC(=O)C(CCCN)NC(=O)C(CCCCNC(=O)C(NC(=O)C(CCC(=O)O)NC(=O)C(CC(C)C)NC(=O)c2csc(C(=O)C(C)C)n2)C(C)C)NC(=O)C(CC(N)=O)NC(=O)C(CC(=O)O)NC(=O)C(Cc2cnc[nH]2)NC(=O)C(Cc2ccccc2)NC1=O. The van der Waals surface area contributed by atoms with Crippen molar-refractivity contribution in [2.45, 2.75) is 199 Å². The van der Waals surface area contributed by atoms with Crippen molar-refractivity contribution in [1.82, 2.24) is 73.4 Å². The summed E-state index contributed by atoms with van der Waals surface area (Å²) in [7, 11) is 0. The largest absolute Gasteiger partial charge is 0.481 e. The van der Waals surface area contributed by atoms with Gasteiger partial charge in [0.1, 0.15) is 66.1 Å². The van der Waals surface area contributed by atoms with E-state index >= 15 is 0 Å². The van der Waals surface area contributed by atoms with Crippen LogP contribution in [-0.4, -0.2) is 187 Å². The zero-order valence-electron chi connectivity index (χ0n) is 56.3. The number of carbonyl (C=O) groups excluding carboxylic acids is 13. The number of benzene rings is 1. The van der Waals surface area contributed by atoms with Gasteiger partial charge in [-0.1, -0.05) is 92.1 Å². The van der Waals surface area contributed by atoms with Crippen molar-refractivity contribution in [3.8, 4) is 0 Å². The summed E-state index contributed by atoms with van der Waals surface area (Å²) < 4.78 is 0. The molecule has 11 atom stereocenters. The summed E-state index contributed by atoms with van der Waals surface area (Å²) >= 11 is 0.959. The van der Waals surface area contributed by atoms with E-state index in [9.17, 15) is 82.1 Å². The van der Waals surface area contributed by atoms with Crippen LogP contribution in [-0.2, 0) is 75.2 Å². The molecule has 1 fully saturated rings. The molecule has 3 aromatic rings. The Morgan fingerprint density at radius 1 is 0.622 bits per heavy atom. The first-order chi connectivity index (χ1) is 46.3. The molecule has 0 spiro atoms. The van der Waals surface area contributed by atoms with E-state index in [2.05, 4.69) is 73.4 Å². The van der Waals surface area contributed by atoms with E-state index in [4.69, 9.17) is 11.5 Å². The topological polar surface area (TPSA) is 522 Å². The van der Waals surface area contributed by atoms with Gasteiger partial charge in [-0.15, -0.1) is 11.3 Å². The third-order valence-electron chi connectivity index (χ3n) is 15.9. The fraction of sp³-hybridized carbons (Fsp3) is 0.578. The summed E-state index contributed by atoms with van der Waals surface area (Å²) in [6, 6.07) is -7.09. The standard InChI is InChI=1S/C64H94N16O17S/c1-9-35(8)51-63(97)77-42(25-36-16-11-10-12-17-36)57(91)74-43(26-37-29-67-31-69-37)58(92)76-45(28-49(84)85)60(94)75-44(27-47(66)81)59(93)71-38(53(87)70-39(19-15-22-65)54(88)80-51)18-13-14-23-68-62(96)50(33(4)5)79-55(89)40(20-21-48(82)83)72-56(90)41(24-32(2)3)73-61(95)46-30-98-64(78-46)52(86)34(6)7/h10-12,16-17,29-35,38-45,50-51H,9,13-15,18-28,65H2,1-8H3,(H2,66,81)(H,67,69)(H,68,96)(H,70,87)(H,71,93)(H,72,90)(H,73,95)(H,74,91)(H,75,94)(H,76,92)(H,77,97)(H,79,89)(H,80,88)(H,82,83)(H,84,85). The fourth-order valence-corrected chi connectivity index (χ4v) is 11.1. The third kappa shape index (κ3) is 26.7. The summed E-state index contributed by atoms with van der Waals surface area (Å²) in [5.74, 6) is -16.8. The molecule has 18 N–H and O–H groups in total. The average molecular weight is 1390 g/mol. The second kappa shape index (κ2) is 40.1. The van der Waals surface area contributed by atoms with Gasteiger partial charge in [0.25, 0.3) is 5.91 Å². The number of carboxylic acid groups (broad SMARTS) is 2. The number of hydrogen-bond acceptors (Lipinski definition) is 19. The summed E-state index contributed by atoms with van der Waals surface area (Å²) in [6.07, 6.45) is -0.803. The molecule has 0 aliphatic carbocycles. The Hall–Kier alpha value is -9.73. The quantitative estimate of drug-likeness (QED) is 0.0248. The van der Waals surface area contributed by atoms with Crippen molar-refractivity contribution in [3.05, 3.63) is 70.2 Å². The predicted octanol–water partition coefficient (Wildman–Crippen LogP) is -1.35. The van der Waals surface area contributed by atoms with Crippen molar-refractivity contribution < 1.29 is 82.1 Å². The van der Waals surface area contributed by atoms with Crippen LogP contribution in [0.5, 0.6) is 0 Å². The number of nitrogens with two attached hydrogens (primary N) is 2. The molecule has 98 heavy (non-hydrogen) atoms. The number of thiazole rings is 1. The lowest BCUT2D eigenvalue weighted by molar-refractivity contribution is -0.142. The van der Waals surface area contributed by atoms with Crippen LogP contribution >= 0.6 is 11.3 Å². The zero-order valence-corrected chi connectivity index (χ0v) is 57.1. The molecule has 34 heteroatoms. The number of primary amides is 1. The van der Waals surface area contributed by atoms with Crippen molar-refractivity contribution >= 4 is 99.9 Å². The highest BCUT2D eigenvalue weighted by molar-refractivity contribution is 7.12. The number of hydrogen-bond donors (Lipinski definition) is 16. The van der Waals surface area contributed by atoms with Crippen molar-refractivity contribution in [1.29, 1.82) is 0 Å². The van der Waals surface area contributed by atoms with Gasteiger partial charge in [-0.25, -0.2) is 9.97 Å². The highest BCUT2D eigenvalue weighted by atomic mass is 32.1. The monoisotopic (exact) mass is 1390 g/mol. The second-order valence-electron chi connectivity index (χ2n) is 25.1. The smallest absolute Gasteiger partial charge is 0.305 e. The van der Waals surface area contributed by atoms with Crippen LogP contribution in [0.25, 0.3) is 0 Å². The molecule has 1 saturated heterocycles. The molecular weight excluding hydrogens is 1300 g/mol. The van der Waals surface area contributed by atoms with Gasteiger partial charge in [-0.2, -0.15) is 0 Å². The van der Waals surface area contributed by atoms with Crippen LogP contribution in [0, 0.1) is 23.7 Å². The van der Waals surface area contributed by atoms with E-state index in [1.165, 1.54) is 17.9 Å². The number of amides is 12. The van der Waals surface area contributed by atoms with Crippen LogP contribution in [0.4, 0.5) is 0 Å². The van der Waals surface area contributed by atoms with Crippen molar-refractivity contribution in [3.63, 3.8) is 0 Å². The summed E-state index contributed by atoms with van der Waals surface area (Å²) in [6.45, 7) is 13.4. The fourth-order valence-electron chi connectivity index (χ4n) is 10.2. The Labute approximate surface area is 571 Å². The van der Waals surface area contributed by atoms with Gasteiger partial charge in [0, 0.05) is 49.0 Å². The normalized spacial score (nSPS) is 20.4. The van der Waals surface area contributed by atoms with Gasteiger partial charge in [0.05, 0.1) is 19.2 Å². The first-order valence-corrected chi connectivity index (χ1v) is 33.4. The minimum absolute atomic E-state index is 0.0134. The average Bonchev–Trinajstić information content (AvgIpc) is 1.93. The molecule has 0 saturated carbocycles. The molecule has 2 aromatic heterocycles. The molecule has 538 valence electrons. The molecular formula is C64H94N16O17S. The van der Waals surface area contributed by atoms with E-state index in [1.807, 2.05) is 0 Å². The Morgan fingerprint density at radius 3 is 1.72 bits per heavy atom. The number of carbonyl (C=O) groups is 15. The van der Waals surface area contributed by atoms with Crippen molar-refractivity contribution in [2.24, 2.45) is 35.1 Å². The number of aromatic nitrogens is 3. The first kappa shape index (κ1) is 80.7. The third-order valence-corrected chi connectivity index (χ3v) is 16.7. The summed E-state index contributed by atoms with van der Waals surface area (Å²) in [5, 5.41) is 49.2. The molecule has 4 rings (SSSR count). The Morgan fingerprint density at radius 2 is 1.17 bits per heavy atom. The molecule has 33 nitrogen and oxygen atoms in total. The van der Waals surface area contributed by atoms with Gasteiger partial charge in [0.15, 0.2) is 10.8 Å². The number of aliphatic carboxylic acids is 2. The van der Waals surface area contributed by atoms with E-state index in [1.54, 1.807) is 85.7 Å². The van der Waals surface area contributed by atoms with E-state index in [0.29, 0.717) is 17.7 Å². The first-order valence-electron chi connectivity index (χ1n) is 32.6. The van der Waals surface area contributed by atoms with Crippen LogP contribution in [0.15, 0.2) is 48.2 Å². The number of Topliss-reactive ketones (excluding diaryl/α,β-unsaturated/α-hetero) is 1. The van der Waals surface area contributed by atoms with Crippen LogP contribution in [0.3, 0.4) is 0 Å². The number of nitrogens with one attached hydrogen (secondary N) is 12. The minimum atomic E-state index is -2.00. The highest BCUT2D eigenvalue weighted by Crippen LogP contribution is 2.18. The zero-order chi connectivity index (χ0) is 72.9. The molecule has 12 amide bonds. The summed E-state index contributed by atoms with van der Waals surface area (Å²) in [5.41, 5.74) is 12.2. The van der Waals surface area contributed by atoms with Crippen LogP contribution in [0.1, 0.15) is 158 Å². The number of ketones is 1. The Balaban J connectivity index is 1.66. The van der Waals surface area contributed by atoms with Crippen LogP contribution < -0.4 is 70.0 Å². The van der Waals surface area contributed by atoms with E-state index in [0.717, 1.165) is 11.3 Å². The predicted molar refractivity (Wildman–Crippen MR) is 354 cm³/mol. The number of nitrogens with zero attached hydrogens (tertiary/aromatic N) is 2. The van der Waals surface area contributed by atoms with Gasteiger partial charge in [-0.3, -0.25) is 71.9 Å².